The lowest BCUT2D eigenvalue weighted by Crippen LogP contribution is -2.44. The molecule has 1 atom stereocenters. The van der Waals surface area contributed by atoms with Gasteiger partial charge in [0.05, 0.1) is 54.8 Å². The second kappa shape index (κ2) is 10.00. The molecule has 0 amide bonds. The monoisotopic (exact) mass is 475 g/mol. The fourth-order valence-corrected chi connectivity index (χ4v) is 3.31. The van der Waals surface area contributed by atoms with Gasteiger partial charge in [-0.3, -0.25) is 4.98 Å². The number of anilines is 4. The minimum absolute atomic E-state index is 0.0261. The molecule has 3 aromatic rings. The first-order valence-electron chi connectivity index (χ1n) is 10.4. The van der Waals surface area contributed by atoms with Crippen molar-refractivity contribution in [1.82, 2.24) is 15.0 Å². The normalized spacial score (nSPS) is 16.6. The molecule has 1 aliphatic heterocycles. The zero-order chi connectivity index (χ0) is 24.1. The molecular weight excluding hydrogens is 454 g/mol. The Hall–Kier alpha value is -3.80. The molecule has 1 fully saturated rings. The second-order valence-corrected chi connectivity index (χ2v) is 7.53. The number of morpholine rings is 1. The van der Waals surface area contributed by atoms with Crippen LogP contribution >= 0.6 is 0 Å². The highest BCUT2D eigenvalue weighted by Crippen LogP contribution is 2.31. The zero-order valence-corrected chi connectivity index (χ0v) is 18.1. The number of halogens is 4. The Bertz CT molecular complexity index is 1150. The van der Waals surface area contributed by atoms with E-state index in [0.29, 0.717) is 36.8 Å². The van der Waals surface area contributed by atoms with Crippen LogP contribution in [0.3, 0.4) is 0 Å². The molecule has 0 bridgehead atoms. The molecule has 0 aliphatic carbocycles. The molecule has 0 spiro atoms. The van der Waals surface area contributed by atoms with Crippen molar-refractivity contribution in [2.75, 3.05) is 35.4 Å². The summed E-state index contributed by atoms with van der Waals surface area (Å²) in [6.45, 7) is 3.40. The Morgan fingerprint density at radius 1 is 1.15 bits per heavy atom. The average Bonchev–Trinajstić information content (AvgIpc) is 2.81. The molecule has 0 radical (unpaired) electrons. The van der Waals surface area contributed by atoms with Gasteiger partial charge in [-0.15, -0.1) is 0 Å². The van der Waals surface area contributed by atoms with Crippen LogP contribution in [0.25, 0.3) is 0 Å². The van der Waals surface area contributed by atoms with Crippen LogP contribution < -0.4 is 15.6 Å². The fourth-order valence-electron chi connectivity index (χ4n) is 3.31. The predicted octanol–water partition coefficient (Wildman–Crippen LogP) is 4.44. The molecule has 1 unspecified atom stereocenters. The molecule has 3 heterocycles. The molecule has 12 heteroatoms. The zero-order valence-electron chi connectivity index (χ0n) is 18.1. The van der Waals surface area contributed by atoms with Crippen LogP contribution in [0.15, 0.2) is 53.9 Å². The summed E-state index contributed by atoms with van der Waals surface area (Å²) in [5, 5.41) is 6.91. The lowest BCUT2D eigenvalue weighted by molar-refractivity contribution is -0.137. The quantitative estimate of drug-likeness (QED) is 0.310. The number of nitrogens with zero attached hydrogens (tertiary/aromatic N) is 5. The number of hydrazone groups is 1. The first-order chi connectivity index (χ1) is 16.3. The summed E-state index contributed by atoms with van der Waals surface area (Å²) < 4.78 is 58.2. The van der Waals surface area contributed by atoms with E-state index in [-0.39, 0.29) is 17.8 Å². The molecule has 0 saturated carbocycles. The van der Waals surface area contributed by atoms with Gasteiger partial charge >= 0.3 is 6.18 Å². The number of pyridine rings is 1. The third-order valence-electron chi connectivity index (χ3n) is 4.99. The lowest BCUT2D eigenvalue weighted by Gasteiger charge is -2.34. The molecule has 1 saturated heterocycles. The van der Waals surface area contributed by atoms with Gasteiger partial charge in [-0.2, -0.15) is 23.3 Å². The van der Waals surface area contributed by atoms with Crippen LogP contribution in [0, 0.1) is 5.82 Å². The Morgan fingerprint density at radius 2 is 2.00 bits per heavy atom. The van der Waals surface area contributed by atoms with Crippen LogP contribution in [-0.4, -0.2) is 47.0 Å². The molecule has 1 aromatic carbocycles. The summed E-state index contributed by atoms with van der Waals surface area (Å²) in [6.07, 6.45) is -0.459. The number of alkyl halides is 3. The number of ether oxygens (including phenoxy) is 1. The van der Waals surface area contributed by atoms with E-state index in [1.54, 1.807) is 12.1 Å². The number of aromatic nitrogens is 3. The van der Waals surface area contributed by atoms with E-state index in [2.05, 4.69) is 30.8 Å². The molecule has 2 N–H and O–H groups in total. The minimum atomic E-state index is -4.42. The smallest absolute Gasteiger partial charge is 0.377 e. The molecule has 34 heavy (non-hydrogen) atoms. The van der Waals surface area contributed by atoms with Crippen molar-refractivity contribution >= 4 is 29.4 Å². The first kappa shape index (κ1) is 23.4. The van der Waals surface area contributed by atoms with Gasteiger partial charge in [0.2, 0.25) is 5.95 Å². The van der Waals surface area contributed by atoms with E-state index in [1.165, 1.54) is 24.5 Å². The molecule has 1 aliphatic rings. The highest BCUT2D eigenvalue weighted by molar-refractivity contribution is 5.78. The van der Waals surface area contributed by atoms with E-state index >= 15 is 0 Å². The average molecular weight is 475 g/mol. The number of hydrogen-bond donors (Lipinski definition) is 2. The Labute approximate surface area is 192 Å². The highest BCUT2D eigenvalue weighted by atomic mass is 19.4. The van der Waals surface area contributed by atoms with Gasteiger partial charge in [0.15, 0.2) is 11.6 Å². The fraction of sp³-hybridized carbons (Fsp3) is 0.273. The number of nitrogens with one attached hydrogen (secondary N) is 2. The van der Waals surface area contributed by atoms with E-state index in [4.69, 9.17) is 4.74 Å². The van der Waals surface area contributed by atoms with Crippen molar-refractivity contribution in [3.8, 4) is 0 Å². The maximum absolute atomic E-state index is 14.2. The van der Waals surface area contributed by atoms with Gasteiger partial charge in [0.25, 0.3) is 0 Å². The van der Waals surface area contributed by atoms with Crippen molar-refractivity contribution in [2.45, 2.75) is 19.1 Å². The summed E-state index contributed by atoms with van der Waals surface area (Å²) in [6, 6.07) is 8.15. The van der Waals surface area contributed by atoms with Crippen molar-refractivity contribution in [2.24, 2.45) is 5.10 Å². The third kappa shape index (κ3) is 5.76. The van der Waals surface area contributed by atoms with Gasteiger partial charge in [-0.05, 0) is 37.3 Å². The lowest BCUT2D eigenvalue weighted by atomic mass is 10.2. The minimum Gasteiger partial charge on any atom is -0.377 e. The van der Waals surface area contributed by atoms with Crippen molar-refractivity contribution in [3.05, 3.63) is 65.9 Å². The number of benzene rings is 1. The predicted molar refractivity (Wildman–Crippen MR) is 120 cm³/mol. The van der Waals surface area contributed by atoms with Crippen LogP contribution in [-0.2, 0) is 10.9 Å². The van der Waals surface area contributed by atoms with Crippen LogP contribution in [0.5, 0.6) is 0 Å². The van der Waals surface area contributed by atoms with Crippen LogP contribution in [0.4, 0.5) is 40.7 Å². The van der Waals surface area contributed by atoms with Crippen molar-refractivity contribution < 1.29 is 22.3 Å². The van der Waals surface area contributed by atoms with Gasteiger partial charge in [-0.25, -0.2) is 14.8 Å². The maximum atomic E-state index is 14.2. The van der Waals surface area contributed by atoms with Crippen LogP contribution in [0.1, 0.15) is 18.2 Å². The Kier molecular flexibility index (Phi) is 6.87. The third-order valence-corrected chi connectivity index (χ3v) is 4.99. The van der Waals surface area contributed by atoms with Gasteiger partial charge in [-0.1, -0.05) is 6.07 Å². The molecular formula is C22H21F4N7O. The van der Waals surface area contributed by atoms with E-state index < -0.39 is 17.6 Å². The first-order valence-corrected chi connectivity index (χ1v) is 10.4. The van der Waals surface area contributed by atoms with Gasteiger partial charge < -0.3 is 15.0 Å². The maximum Gasteiger partial charge on any atom is 0.416 e. The largest absolute Gasteiger partial charge is 0.416 e. The molecule has 8 nitrogen and oxygen atoms in total. The van der Waals surface area contributed by atoms with Crippen molar-refractivity contribution in [3.63, 3.8) is 0 Å². The van der Waals surface area contributed by atoms with E-state index in [0.717, 1.165) is 18.3 Å². The molecule has 178 valence electrons. The summed E-state index contributed by atoms with van der Waals surface area (Å²) in [5.41, 5.74) is 3.19. The Balaban J connectivity index is 1.38. The summed E-state index contributed by atoms with van der Waals surface area (Å²) >= 11 is 0. The van der Waals surface area contributed by atoms with E-state index in [9.17, 15) is 17.6 Å². The van der Waals surface area contributed by atoms with Crippen molar-refractivity contribution in [1.29, 1.82) is 0 Å². The van der Waals surface area contributed by atoms with E-state index in [1.807, 2.05) is 11.8 Å². The SMILES string of the molecule is CC1COCCN1c1nc(N/N=C/c2ccc(Nc3cccc(C(F)(F)F)c3)cn2)ncc1F. The number of rotatable bonds is 6. The molecule has 2 aromatic heterocycles. The van der Waals surface area contributed by atoms with Gasteiger partial charge in [0, 0.05) is 12.2 Å². The summed E-state index contributed by atoms with van der Waals surface area (Å²) in [7, 11) is 0. The van der Waals surface area contributed by atoms with Crippen LogP contribution in [0.2, 0.25) is 0 Å². The highest BCUT2D eigenvalue weighted by Gasteiger charge is 2.30. The Morgan fingerprint density at radius 3 is 2.74 bits per heavy atom. The topological polar surface area (TPSA) is 87.6 Å². The second-order valence-electron chi connectivity index (χ2n) is 7.53. The summed E-state index contributed by atoms with van der Waals surface area (Å²) in [5.74, 6) is -0.241. The standard InChI is InChI=1S/C22H21F4N7O/c1-14-13-34-8-7-33(14)20-19(23)12-28-21(31-20)32-29-11-17-5-6-18(10-27-17)30-16-4-2-3-15(9-16)22(24,25)26/h2-6,9-12,14,30H,7-8,13H2,1H3,(H,28,31,32)/b29-11+. The number of hydrogen-bond acceptors (Lipinski definition) is 8. The molecule has 4 rings (SSSR count). The van der Waals surface area contributed by atoms with Gasteiger partial charge in [0.1, 0.15) is 0 Å². The summed E-state index contributed by atoms with van der Waals surface area (Å²) in [4.78, 5) is 14.1.